The molecule has 1 N–H and O–H groups in total. The maximum Gasteiger partial charge on any atom is 0.223 e. The van der Waals surface area contributed by atoms with Crippen LogP contribution >= 0.6 is 11.6 Å². The van der Waals surface area contributed by atoms with Gasteiger partial charge in [-0.15, -0.1) is 11.6 Å². The average Bonchev–Trinajstić information content (AvgIpc) is 2.36. The molecule has 1 amide bonds. The number of alkyl halides is 1. The van der Waals surface area contributed by atoms with Gasteiger partial charge in [0.05, 0.1) is 0 Å². The highest BCUT2D eigenvalue weighted by Crippen LogP contribution is 2.08. The van der Waals surface area contributed by atoms with Gasteiger partial charge in [-0.2, -0.15) is 0 Å². The minimum absolute atomic E-state index is 0.0992. The van der Waals surface area contributed by atoms with Crippen LogP contribution < -0.4 is 5.32 Å². The van der Waals surface area contributed by atoms with Crippen molar-refractivity contribution in [2.75, 3.05) is 0 Å². The molecule has 0 saturated carbocycles. The molecule has 0 spiro atoms. The Balaban J connectivity index is 2.41. The van der Waals surface area contributed by atoms with Gasteiger partial charge in [0.15, 0.2) is 0 Å². The lowest BCUT2D eigenvalue weighted by atomic mass is 10.1. The summed E-state index contributed by atoms with van der Waals surface area (Å²) in [6.07, 6.45) is 1.98. The lowest BCUT2D eigenvalue weighted by Crippen LogP contribution is -2.28. The zero-order chi connectivity index (χ0) is 12.7. The molecule has 1 unspecified atom stereocenters. The molecule has 1 aromatic rings. The first-order chi connectivity index (χ1) is 8.17. The highest BCUT2D eigenvalue weighted by Gasteiger charge is 2.10. The molecule has 0 radical (unpaired) electrons. The quantitative estimate of drug-likeness (QED) is 0.773. The van der Waals surface area contributed by atoms with Gasteiger partial charge < -0.3 is 5.32 Å². The summed E-state index contributed by atoms with van der Waals surface area (Å²) < 4.78 is 0. The number of carbonyl (C=O) groups excluding carboxylic acids is 1. The molecule has 0 aromatic heterocycles. The lowest BCUT2D eigenvalue weighted by Gasteiger charge is -2.11. The second-order valence-electron chi connectivity index (χ2n) is 4.36. The van der Waals surface area contributed by atoms with Gasteiger partial charge in [-0.1, -0.05) is 44.5 Å². The van der Waals surface area contributed by atoms with E-state index in [2.05, 4.69) is 12.2 Å². The summed E-state index contributed by atoms with van der Waals surface area (Å²) in [5.74, 6) is 0.760. The zero-order valence-corrected chi connectivity index (χ0v) is 11.3. The van der Waals surface area contributed by atoms with Crippen molar-refractivity contribution in [1.29, 1.82) is 0 Å². The molecule has 1 aromatic carbocycles. The summed E-state index contributed by atoms with van der Waals surface area (Å²) in [6, 6.07) is 7.99. The maximum atomic E-state index is 11.7. The summed E-state index contributed by atoms with van der Waals surface area (Å²) >= 11 is 5.71. The van der Waals surface area contributed by atoms with E-state index < -0.39 is 0 Å². The molecule has 1 rings (SSSR count). The summed E-state index contributed by atoms with van der Waals surface area (Å²) in [7, 11) is 0. The Labute approximate surface area is 108 Å². The van der Waals surface area contributed by atoms with E-state index >= 15 is 0 Å². The van der Waals surface area contributed by atoms with Crippen molar-refractivity contribution in [3.05, 3.63) is 35.4 Å². The predicted molar refractivity (Wildman–Crippen MR) is 71.9 cm³/mol. The van der Waals surface area contributed by atoms with Crippen LogP contribution in [0.1, 0.15) is 37.8 Å². The Morgan fingerprint density at radius 3 is 2.41 bits per heavy atom. The minimum Gasteiger partial charge on any atom is -0.352 e. The smallest absolute Gasteiger partial charge is 0.223 e. The van der Waals surface area contributed by atoms with Crippen molar-refractivity contribution in [2.45, 2.75) is 39.1 Å². The van der Waals surface area contributed by atoms with Gasteiger partial charge in [0, 0.05) is 18.3 Å². The highest BCUT2D eigenvalue weighted by molar-refractivity contribution is 6.17. The molecular formula is C14H20ClNO. The van der Waals surface area contributed by atoms with E-state index in [-0.39, 0.29) is 11.8 Å². The summed E-state index contributed by atoms with van der Waals surface area (Å²) in [5, 5.41) is 2.95. The topological polar surface area (TPSA) is 29.1 Å². The zero-order valence-electron chi connectivity index (χ0n) is 10.5. The fourth-order valence-corrected chi connectivity index (χ4v) is 1.85. The summed E-state index contributed by atoms with van der Waals surface area (Å²) in [6.45, 7) is 4.65. The van der Waals surface area contributed by atoms with Crippen molar-refractivity contribution in [3.8, 4) is 0 Å². The highest BCUT2D eigenvalue weighted by atomic mass is 35.5. The van der Waals surface area contributed by atoms with Gasteiger partial charge >= 0.3 is 0 Å². The van der Waals surface area contributed by atoms with Crippen molar-refractivity contribution < 1.29 is 4.79 Å². The lowest BCUT2D eigenvalue weighted by molar-refractivity contribution is -0.124. The third kappa shape index (κ3) is 4.78. The molecule has 94 valence electrons. The molecule has 0 aliphatic carbocycles. The van der Waals surface area contributed by atoms with Crippen LogP contribution in [0.2, 0.25) is 0 Å². The number of hydrogen-bond donors (Lipinski definition) is 1. The van der Waals surface area contributed by atoms with Crippen LogP contribution in [0.4, 0.5) is 0 Å². The Kier molecular flexibility index (Phi) is 6.06. The number of halogens is 1. The molecule has 0 fully saturated rings. The van der Waals surface area contributed by atoms with Crippen LogP contribution in [0.3, 0.4) is 0 Å². The molecule has 0 heterocycles. The van der Waals surface area contributed by atoms with Crippen LogP contribution in [-0.2, 0) is 17.2 Å². The monoisotopic (exact) mass is 253 g/mol. The summed E-state index contributed by atoms with van der Waals surface area (Å²) in [5.41, 5.74) is 2.21. The van der Waals surface area contributed by atoms with Crippen LogP contribution in [-0.4, -0.2) is 5.91 Å². The Bertz CT molecular complexity index is 348. The molecule has 2 nitrogen and oxygen atoms in total. The van der Waals surface area contributed by atoms with Crippen molar-refractivity contribution in [3.63, 3.8) is 0 Å². The predicted octanol–water partition coefficient (Wildman–Crippen LogP) is 3.48. The van der Waals surface area contributed by atoms with Gasteiger partial charge in [0.25, 0.3) is 0 Å². The number of benzene rings is 1. The first-order valence-corrected chi connectivity index (χ1v) is 6.62. The van der Waals surface area contributed by atoms with E-state index in [1.165, 1.54) is 0 Å². The van der Waals surface area contributed by atoms with Gasteiger partial charge in [-0.25, -0.2) is 0 Å². The van der Waals surface area contributed by atoms with E-state index in [1.807, 2.05) is 31.2 Å². The molecule has 0 saturated heterocycles. The number of rotatable bonds is 6. The van der Waals surface area contributed by atoms with E-state index in [4.69, 9.17) is 11.6 Å². The molecule has 1 atom stereocenters. The van der Waals surface area contributed by atoms with E-state index in [9.17, 15) is 4.79 Å². The second kappa shape index (κ2) is 7.33. The molecule has 0 aliphatic rings. The first-order valence-electron chi connectivity index (χ1n) is 6.08. The van der Waals surface area contributed by atoms with Crippen LogP contribution in [0.5, 0.6) is 0 Å². The number of hydrogen-bond acceptors (Lipinski definition) is 1. The SMILES string of the molecule is CCCC(C)C(=O)NCc1ccc(CCl)cc1. The average molecular weight is 254 g/mol. The van der Waals surface area contributed by atoms with Crippen molar-refractivity contribution >= 4 is 17.5 Å². The molecule has 0 aliphatic heterocycles. The van der Waals surface area contributed by atoms with Crippen molar-refractivity contribution in [2.24, 2.45) is 5.92 Å². The molecule has 17 heavy (non-hydrogen) atoms. The van der Waals surface area contributed by atoms with Gasteiger partial charge in [-0.05, 0) is 17.5 Å². The largest absolute Gasteiger partial charge is 0.352 e. The normalized spacial score (nSPS) is 12.2. The standard InChI is InChI=1S/C14H20ClNO/c1-3-4-11(2)14(17)16-10-13-7-5-12(9-15)6-8-13/h5-8,11H,3-4,9-10H2,1-2H3,(H,16,17). The Morgan fingerprint density at radius 2 is 1.88 bits per heavy atom. The summed E-state index contributed by atoms with van der Waals surface area (Å²) in [4.78, 5) is 11.7. The second-order valence-corrected chi connectivity index (χ2v) is 4.62. The maximum absolute atomic E-state index is 11.7. The Morgan fingerprint density at radius 1 is 1.29 bits per heavy atom. The van der Waals surface area contributed by atoms with Crippen LogP contribution in [0, 0.1) is 5.92 Å². The number of carbonyl (C=O) groups is 1. The van der Waals surface area contributed by atoms with E-state index in [1.54, 1.807) is 0 Å². The van der Waals surface area contributed by atoms with E-state index in [0.29, 0.717) is 12.4 Å². The van der Waals surface area contributed by atoms with Gasteiger partial charge in [0.2, 0.25) is 5.91 Å². The van der Waals surface area contributed by atoms with Crippen LogP contribution in [0.15, 0.2) is 24.3 Å². The first kappa shape index (κ1) is 14.0. The number of amides is 1. The molecule has 0 bridgehead atoms. The van der Waals surface area contributed by atoms with E-state index in [0.717, 1.165) is 24.0 Å². The third-order valence-electron chi connectivity index (χ3n) is 2.81. The van der Waals surface area contributed by atoms with Gasteiger partial charge in [0.1, 0.15) is 0 Å². The van der Waals surface area contributed by atoms with Crippen molar-refractivity contribution in [1.82, 2.24) is 5.32 Å². The Hall–Kier alpha value is -1.02. The van der Waals surface area contributed by atoms with Crippen LogP contribution in [0.25, 0.3) is 0 Å². The minimum atomic E-state index is 0.0992. The number of nitrogens with one attached hydrogen (secondary N) is 1. The third-order valence-corrected chi connectivity index (χ3v) is 3.12. The molecule has 3 heteroatoms. The molecular weight excluding hydrogens is 234 g/mol. The van der Waals surface area contributed by atoms with Gasteiger partial charge in [-0.3, -0.25) is 4.79 Å². The fraction of sp³-hybridized carbons (Fsp3) is 0.500. The fourth-order valence-electron chi connectivity index (χ4n) is 1.67.